The molecule has 0 rings (SSSR count). The SMILES string of the molecule is CC(C)(C)O.OCCCCCCO. The van der Waals surface area contributed by atoms with Crippen LogP contribution in [-0.2, 0) is 0 Å². The van der Waals surface area contributed by atoms with Crippen molar-refractivity contribution in [3.63, 3.8) is 0 Å². The van der Waals surface area contributed by atoms with Crippen LogP contribution in [-0.4, -0.2) is 34.1 Å². The molecule has 0 aromatic carbocycles. The fraction of sp³-hybridized carbons (Fsp3) is 1.00. The molecule has 3 nitrogen and oxygen atoms in total. The molecule has 0 saturated carbocycles. The highest BCUT2D eigenvalue weighted by Crippen LogP contribution is 1.96. The van der Waals surface area contributed by atoms with E-state index < -0.39 is 5.60 Å². The molecule has 0 saturated heterocycles. The van der Waals surface area contributed by atoms with E-state index in [1.165, 1.54) is 0 Å². The third kappa shape index (κ3) is 48.7. The predicted molar refractivity (Wildman–Crippen MR) is 54.6 cm³/mol. The van der Waals surface area contributed by atoms with Gasteiger partial charge in [-0.25, -0.2) is 0 Å². The zero-order valence-corrected chi connectivity index (χ0v) is 9.08. The van der Waals surface area contributed by atoms with Gasteiger partial charge in [0.2, 0.25) is 0 Å². The highest BCUT2D eigenvalue weighted by atomic mass is 16.3. The second kappa shape index (κ2) is 9.96. The van der Waals surface area contributed by atoms with Crippen molar-refractivity contribution in [2.75, 3.05) is 13.2 Å². The molecule has 0 atom stereocenters. The Morgan fingerprint density at radius 1 is 0.769 bits per heavy atom. The minimum atomic E-state index is -0.500. The first-order valence-corrected chi connectivity index (χ1v) is 4.86. The zero-order chi connectivity index (χ0) is 10.7. The molecule has 0 heterocycles. The average Bonchev–Trinajstić information content (AvgIpc) is 1.95. The smallest absolute Gasteiger partial charge is 0.0563 e. The molecule has 0 aliphatic heterocycles. The van der Waals surface area contributed by atoms with Crippen LogP contribution in [0.4, 0.5) is 0 Å². The molecule has 0 aliphatic rings. The van der Waals surface area contributed by atoms with Crippen LogP contribution < -0.4 is 0 Å². The summed E-state index contributed by atoms with van der Waals surface area (Å²) in [5, 5.41) is 25.1. The minimum Gasteiger partial charge on any atom is -0.396 e. The molecule has 3 N–H and O–H groups in total. The van der Waals surface area contributed by atoms with Crippen LogP contribution in [0.15, 0.2) is 0 Å². The third-order valence-corrected chi connectivity index (χ3v) is 1.07. The lowest BCUT2D eigenvalue weighted by Gasteiger charge is -2.04. The Bertz CT molecular complexity index is 74.7. The first kappa shape index (κ1) is 15.4. The van der Waals surface area contributed by atoms with Gasteiger partial charge in [-0.3, -0.25) is 0 Å². The summed E-state index contributed by atoms with van der Waals surface area (Å²) in [7, 11) is 0. The summed E-state index contributed by atoms with van der Waals surface area (Å²) >= 11 is 0. The second-order valence-electron chi connectivity index (χ2n) is 4.03. The van der Waals surface area contributed by atoms with Gasteiger partial charge in [-0.05, 0) is 33.6 Å². The summed E-state index contributed by atoms with van der Waals surface area (Å²) in [6, 6.07) is 0. The van der Waals surface area contributed by atoms with Gasteiger partial charge in [0.25, 0.3) is 0 Å². The van der Waals surface area contributed by atoms with Gasteiger partial charge in [0.1, 0.15) is 0 Å². The van der Waals surface area contributed by atoms with Gasteiger partial charge in [-0.1, -0.05) is 12.8 Å². The molecular weight excluding hydrogens is 168 g/mol. The van der Waals surface area contributed by atoms with Crippen molar-refractivity contribution in [3.8, 4) is 0 Å². The Kier molecular flexibility index (Phi) is 11.8. The molecule has 0 unspecified atom stereocenters. The Hall–Kier alpha value is -0.120. The van der Waals surface area contributed by atoms with Gasteiger partial charge in [0.15, 0.2) is 0 Å². The number of hydrogen-bond acceptors (Lipinski definition) is 3. The summed E-state index contributed by atoms with van der Waals surface area (Å²) in [4.78, 5) is 0. The molecule has 0 aromatic heterocycles. The zero-order valence-electron chi connectivity index (χ0n) is 9.08. The van der Waals surface area contributed by atoms with Crippen molar-refractivity contribution in [1.82, 2.24) is 0 Å². The van der Waals surface area contributed by atoms with Crippen LogP contribution in [0, 0.1) is 0 Å². The summed E-state index contributed by atoms with van der Waals surface area (Å²) in [6.07, 6.45) is 3.83. The summed E-state index contributed by atoms with van der Waals surface area (Å²) in [5.41, 5.74) is -0.500. The van der Waals surface area contributed by atoms with Crippen LogP contribution in [0.5, 0.6) is 0 Å². The number of hydrogen-bond donors (Lipinski definition) is 3. The highest BCUT2D eigenvalue weighted by Gasteiger charge is 1.97. The predicted octanol–water partition coefficient (Wildman–Crippen LogP) is 1.31. The fourth-order valence-corrected chi connectivity index (χ4v) is 0.577. The number of rotatable bonds is 5. The van der Waals surface area contributed by atoms with Gasteiger partial charge in [-0.2, -0.15) is 0 Å². The van der Waals surface area contributed by atoms with E-state index in [4.69, 9.17) is 15.3 Å². The molecule has 0 radical (unpaired) electrons. The Labute approximate surface area is 81.4 Å². The Morgan fingerprint density at radius 3 is 1.15 bits per heavy atom. The Morgan fingerprint density at radius 2 is 1.00 bits per heavy atom. The lowest BCUT2D eigenvalue weighted by molar-refractivity contribution is 0.102. The van der Waals surface area contributed by atoms with Gasteiger partial charge < -0.3 is 15.3 Å². The lowest BCUT2D eigenvalue weighted by Crippen LogP contribution is -2.10. The molecule has 82 valence electrons. The highest BCUT2D eigenvalue weighted by molar-refractivity contribution is 4.50. The maximum absolute atomic E-state index is 8.52. The first-order valence-electron chi connectivity index (χ1n) is 4.86. The van der Waals surface area contributed by atoms with Crippen LogP contribution in [0.2, 0.25) is 0 Å². The van der Waals surface area contributed by atoms with E-state index in [9.17, 15) is 0 Å². The molecule has 13 heavy (non-hydrogen) atoms. The minimum absolute atomic E-state index is 0.283. The van der Waals surface area contributed by atoms with E-state index in [2.05, 4.69) is 0 Å². The first-order chi connectivity index (χ1) is 5.91. The fourth-order valence-electron chi connectivity index (χ4n) is 0.577. The lowest BCUT2D eigenvalue weighted by atomic mass is 10.2. The van der Waals surface area contributed by atoms with E-state index in [0.717, 1.165) is 25.7 Å². The van der Waals surface area contributed by atoms with Gasteiger partial charge >= 0.3 is 0 Å². The van der Waals surface area contributed by atoms with Gasteiger partial charge in [0, 0.05) is 13.2 Å². The molecule has 3 heteroatoms. The quantitative estimate of drug-likeness (QED) is 0.576. The van der Waals surface area contributed by atoms with Crippen molar-refractivity contribution >= 4 is 0 Å². The second-order valence-corrected chi connectivity index (χ2v) is 4.03. The normalized spacial score (nSPS) is 10.6. The van der Waals surface area contributed by atoms with Crippen molar-refractivity contribution in [1.29, 1.82) is 0 Å². The van der Waals surface area contributed by atoms with Crippen LogP contribution >= 0.6 is 0 Å². The molecule has 0 fully saturated rings. The maximum atomic E-state index is 8.52. The van der Waals surface area contributed by atoms with E-state index in [1.54, 1.807) is 20.8 Å². The Balaban J connectivity index is 0. The molecule has 0 spiro atoms. The van der Waals surface area contributed by atoms with Crippen LogP contribution in [0.3, 0.4) is 0 Å². The monoisotopic (exact) mass is 192 g/mol. The standard InChI is InChI=1S/C6H14O2.C4H10O/c7-5-3-1-2-4-6-8;1-4(2,3)5/h7-8H,1-6H2;5H,1-3H3. The van der Waals surface area contributed by atoms with Crippen molar-refractivity contribution in [2.45, 2.75) is 52.1 Å². The largest absolute Gasteiger partial charge is 0.396 e. The summed E-state index contributed by atoms with van der Waals surface area (Å²) in [5.74, 6) is 0. The van der Waals surface area contributed by atoms with Gasteiger partial charge in [-0.15, -0.1) is 0 Å². The summed E-state index contributed by atoms with van der Waals surface area (Å²) < 4.78 is 0. The molecule has 0 aromatic rings. The van der Waals surface area contributed by atoms with E-state index in [-0.39, 0.29) is 13.2 Å². The number of aliphatic hydroxyl groups is 3. The molecule has 0 amide bonds. The average molecular weight is 192 g/mol. The molecule has 0 aliphatic carbocycles. The molecule has 0 bridgehead atoms. The van der Waals surface area contributed by atoms with Crippen LogP contribution in [0.25, 0.3) is 0 Å². The van der Waals surface area contributed by atoms with Crippen molar-refractivity contribution in [2.24, 2.45) is 0 Å². The number of aliphatic hydroxyl groups excluding tert-OH is 2. The van der Waals surface area contributed by atoms with E-state index in [1.807, 2.05) is 0 Å². The van der Waals surface area contributed by atoms with E-state index >= 15 is 0 Å². The van der Waals surface area contributed by atoms with Gasteiger partial charge in [0.05, 0.1) is 5.60 Å². The third-order valence-electron chi connectivity index (χ3n) is 1.07. The van der Waals surface area contributed by atoms with Crippen molar-refractivity contribution in [3.05, 3.63) is 0 Å². The topological polar surface area (TPSA) is 60.7 Å². The maximum Gasteiger partial charge on any atom is 0.0563 e. The molecular formula is C10H24O3. The van der Waals surface area contributed by atoms with Crippen molar-refractivity contribution < 1.29 is 15.3 Å². The van der Waals surface area contributed by atoms with Crippen LogP contribution in [0.1, 0.15) is 46.5 Å². The summed E-state index contributed by atoms with van der Waals surface area (Å²) in [6.45, 7) is 5.80. The number of unbranched alkanes of at least 4 members (excludes halogenated alkanes) is 3. The van der Waals surface area contributed by atoms with E-state index in [0.29, 0.717) is 0 Å².